The normalized spacial score (nSPS) is 11.1. The van der Waals surface area contributed by atoms with E-state index in [9.17, 15) is 17.6 Å². The number of hydrogen-bond donors (Lipinski definition) is 2. The fourth-order valence-corrected chi connectivity index (χ4v) is 3.19. The molecule has 2 aromatic rings. The molecule has 2 N–H and O–H groups in total. The molecule has 0 aromatic heterocycles. The second-order valence-electron chi connectivity index (χ2n) is 4.88. The van der Waals surface area contributed by atoms with E-state index in [-0.39, 0.29) is 12.5 Å². The number of rotatable bonds is 5. The highest BCUT2D eigenvalue weighted by Crippen LogP contribution is 2.15. The summed E-state index contributed by atoms with van der Waals surface area (Å²) in [5.41, 5.74) is 1.55. The van der Waals surface area contributed by atoms with Gasteiger partial charge in [0.1, 0.15) is 5.82 Å². The number of anilines is 1. The molecule has 0 aliphatic carbocycles. The van der Waals surface area contributed by atoms with Crippen molar-refractivity contribution >= 4 is 44.2 Å². The molecule has 0 atom stereocenters. The molecule has 0 unspecified atom stereocenters. The van der Waals surface area contributed by atoms with Crippen molar-refractivity contribution in [2.45, 2.75) is 6.54 Å². The van der Waals surface area contributed by atoms with Gasteiger partial charge in [0.05, 0.1) is 11.8 Å². The quantitative estimate of drug-likeness (QED) is 0.691. The molecule has 0 radical (unpaired) electrons. The van der Waals surface area contributed by atoms with Gasteiger partial charge in [-0.25, -0.2) is 12.8 Å². The van der Waals surface area contributed by atoms with E-state index < -0.39 is 15.8 Å². The van der Waals surface area contributed by atoms with Crippen LogP contribution in [0.4, 0.5) is 10.1 Å². The van der Waals surface area contributed by atoms with Crippen molar-refractivity contribution in [3.05, 3.63) is 63.0 Å². The summed E-state index contributed by atoms with van der Waals surface area (Å²) in [6, 6.07) is 10.7. The van der Waals surface area contributed by atoms with E-state index in [1.165, 1.54) is 18.2 Å². The molecule has 0 aliphatic heterocycles. The standard InChI is InChI=1S/C15H14FIN2O3S/c1-23(21,22)19-12-4-2-3-10(7-12)9-18-15(20)13-6-5-11(16)8-14(13)17/h2-8,19H,9H2,1H3,(H,18,20). The Kier molecular flexibility index (Phi) is 5.58. The lowest BCUT2D eigenvalue weighted by molar-refractivity contribution is 0.0950. The van der Waals surface area contributed by atoms with Gasteiger partial charge in [-0.15, -0.1) is 0 Å². The summed E-state index contributed by atoms with van der Waals surface area (Å²) in [5.74, 6) is -0.721. The van der Waals surface area contributed by atoms with Gasteiger partial charge in [0.25, 0.3) is 5.91 Å². The Morgan fingerprint density at radius 3 is 2.61 bits per heavy atom. The largest absolute Gasteiger partial charge is 0.348 e. The Balaban J connectivity index is 2.06. The molecule has 23 heavy (non-hydrogen) atoms. The highest BCUT2D eigenvalue weighted by molar-refractivity contribution is 14.1. The van der Waals surface area contributed by atoms with Gasteiger partial charge in [-0.2, -0.15) is 0 Å². The van der Waals surface area contributed by atoms with Crippen molar-refractivity contribution in [1.29, 1.82) is 0 Å². The highest BCUT2D eigenvalue weighted by atomic mass is 127. The number of carbonyl (C=O) groups is 1. The molecule has 0 saturated heterocycles. The first-order valence-electron chi connectivity index (χ1n) is 6.54. The fraction of sp³-hybridized carbons (Fsp3) is 0.133. The molecule has 0 saturated carbocycles. The van der Waals surface area contributed by atoms with E-state index in [4.69, 9.17) is 0 Å². The minimum absolute atomic E-state index is 0.228. The second kappa shape index (κ2) is 7.26. The first-order valence-corrected chi connectivity index (χ1v) is 9.51. The van der Waals surface area contributed by atoms with Crippen LogP contribution in [0.15, 0.2) is 42.5 Å². The average molecular weight is 448 g/mol. The smallest absolute Gasteiger partial charge is 0.252 e. The first-order chi connectivity index (χ1) is 10.7. The van der Waals surface area contributed by atoms with Crippen LogP contribution in [0, 0.1) is 9.39 Å². The fourth-order valence-electron chi connectivity index (χ4n) is 1.91. The Morgan fingerprint density at radius 2 is 1.96 bits per heavy atom. The van der Waals surface area contributed by atoms with Crippen molar-refractivity contribution < 1.29 is 17.6 Å². The van der Waals surface area contributed by atoms with Crippen LogP contribution in [-0.2, 0) is 16.6 Å². The third-order valence-corrected chi connectivity index (χ3v) is 4.36. The van der Waals surface area contributed by atoms with Crippen LogP contribution in [0.5, 0.6) is 0 Å². The van der Waals surface area contributed by atoms with Crippen LogP contribution in [0.2, 0.25) is 0 Å². The van der Waals surface area contributed by atoms with Crippen LogP contribution in [0.1, 0.15) is 15.9 Å². The van der Waals surface area contributed by atoms with Crippen LogP contribution in [-0.4, -0.2) is 20.6 Å². The van der Waals surface area contributed by atoms with Crippen molar-refractivity contribution in [2.24, 2.45) is 0 Å². The molecule has 2 aromatic carbocycles. The number of nitrogens with one attached hydrogen (secondary N) is 2. The Hall–Kier alpha value is -1.68. The second-order valence-corrected chi connectivity index (χ2v) is 7.79. The highest BCUT2D eigenvalue weighted by Gasteiger charge is 2.10. The summed E-state index contributed by atoms with van der Waals surface area (Å²) < 4.78 is 38.4. The predicted octanol–water partition coefficient (Wildman–Crippen LogP) is 2.73. The topological polar surface area (TPSA) is 75.3 Å². The first kappa shape index (κ1) is 17.7. The van der Waals surface area contributed by atoms with Crippen LogP contribution >= 0.6 is 22.6 Å². The summed E-state index contributed by atoms with van der Waals surface area (Å²) in [5, 5.41) is 2.72. The van der Waals surface area contributed by atoms with Crippen LogP contribution in [0.25, 0.3) is 0 Å². The Bertz CT molecular complexity index is 840. The number of hydrogen-bond acceptors (Lipinski definition) is 3. The molecule has 0 fully saturated rings. The Labute approximate surface area is 147 Å². The molecule has 0 spiro atoms. The minimum atomic E-state index is -3.35. The van der Waals surface area contributed by atoms with E-state index in [0.717, 1.165) is 11.8 Å². The summed E-state index contributed by atoms with van der Waals surface area (Å²) in [6.07, 6.45) is 1.07. The predicted molar refractivity (Wildman–Crippen MR) is 95.2 cm³/mol. The number of carbonyl (C=O) groups excluding carboxylic acids is 1. The van der Waals surface area contributed by atoms with E-state index in [0.29, 0.717) is 14.8 Å². The van der Waals surface area contributed by atoms with Crippen molar-refractivity contribution in [1.82, 2.24) is 5.32 Å². The van der Waals surface area contributed by atoms with Gasteiger partial charge in [0.2, 0.25) is 10.0 Å². The van der Waals surface area contributed by atoms with Gasteiger partial charge in [0.15, 0.2) is 0 Å². The molecule has 0 heterocycles. The maximum Gasteiger partial charge on any atom is 0.252 e. The molecular weight excluding hydrogens is 434 g/mol. The summed E-state index contributed by atoms with van der Waals surface area (Å²) in [7, 11) is -3.35. The number of amides is 1. The van der Waals surface area contributed by atoms with E-state index in [1.54, 1.807) is 24.3 Å². The van der Waals surface area contributed by atoms with Crippen LogP contribution < -0.4 is 10.0 Å². The number of benzene rings is 2. The van der Waals surface area contributed by atoms with Gasteiger partial charge >= 0.3 is 0 Å². The molecule has 2 rings (SSSR count). The summed E-state index contributed by atoms with van der Waals surface area (Å²) >= 11 is 1.90. The molecule has 122 valence electrons. The number of sulfonamides is 1. The molecule has 1 amide bonds. The van der Waals surface area contributed by atoms with E-state index in [1.807, 2.05) is 22.6 Å². The third kappa shape index (κ3) is 5.47. The lowest BCUT2D eigenvalue weighted by atomic mass is 10.2. The lowest BCUT2D eigenvalue weighted by Crippen LogP contribution is -2.23. The van der Waals surface area contributed by atoms with Gasteiger partial charge < -0.3 is 5.32 Å². The zero-order valence-corrected chi connectivity index (χ0v) is 15.1. The van der Waals surface area contributed by atoms with E-state index in [2.05, 4.69) is 10.0 Å². The van der Waals surface area contributed by atoms with Gasteiger partial charge in [0, 0.05) is 15.8 Å². The van der Waals surface area contributed by atoms with Crippen molar-refractivity contribution in [3.63, 3.8) is 0 Å². The maximum atomic E-state index is 13.0. The summed E-state index contributed by atoms with van der Waals surface area (Å²) in [6.45, 7) is 0.228. The Morgan fingerprint density at radius 1 is 1.22 bits per heavy atom. The van der Waals surface area contributed by atoms with Gasteiger partial charge in [-0.1, -0.05) is 12.1 Å². The zero-order valence-electron chi connectivity index (χ0n) is 12.1. The average Bonchev–Trinajstić information content (AvgIpc) is 2.43. The monoisotopic (exact) mass is 448 g/mol. The van der Waals surface area contributed by atoms with E-state index >= 15 is 0 Å². The molecule has 0 bridgehead atoms. The summed E-state index contributed by atoms with van der Waals surface area (Å²) in [4.78, 5) is 12.1. The van der Waals surface area contributed by atoms with Crippen molar-refractivity contribution in [2.75, 3.05) is 11.0 Å². The van der Waals surface area contributed by atoms with Crippen LogP contribution in [0.3, 0.4) is 0 Å². The molecule has 5 nitrogen and oxygen atoms in total. The maximum absolute atomic E-state index is 13.0. The minimum Gasteiger partial charge on any atom is -0.348 e. The molecule has 0 aliphatic rings. The SMILES string of the molecule is CS(=O)(=O)Nc1cccc(CNC(=O)c2ccc(F)cc2I)c1. The zero-order chi connectivity index (χ0) is 17.0. The molecular formula is C15H14FIN2O3S. The number of halogens is 2. The lowest BCUT2D eigenvalue weighted by Gasteiger charge is -2.09. The van der Waals surface area contributed by atoms with Gasteiger partial charge in [-0.3, -0.25) is 9.52 Å². The van der Waals surface area contributed by atoms with Crippen molar-refractivity contribution in [3.8, 4) is 0 Å². The third-order valence-electron chi connectivity index (χ3n) is 2.86. The molecule has 8 heteroatoms. The van der Waals surface area contributed by atoms with Gasteiger partial charge in [-0.05, 0) is 58.5 Å².